The predicted octanol–water partition coefficient (Wildman–Crippen LogP) is 5.20. The van der Waals surface area contributed by atoms with Gasteiger partial charge in [-0.2, -0.15) is 8.42 Å². The molecular formula is C24H33NO4S. The van der Waals surface area contributed by atoms with Crippen molar-refractivity contribution in [3.8, 4) is 5.75 Å². The lowest BCUT2D eigenvalue weighted by molar-refractivity contribution is 0.0690. The summed E-state index contributed by atoms with van der Waals surface area (Å²) < 4.78 is 27.3. The Morgan fingerprint density at radius 3 is 2.07 bits per heavy atom. The summed E-state index contributed by atoms with van der Waals surface area (Å²) in [7, 11) is -3.55. The number of hydrogen-bond donors (Lipinski definition) is 0. The normalized spacial score (nSPS) is 11.5. The van der Waals surface area contributed by atoms with Crippen molar-refractivity contribution in [2.45, 2.75) is 65.5 Å². The van der Waals surface area contributed by atoms with E-state index >= 15 is 0 Å². The second-order valence-corrected chi connectivity index (χ2v) is 9.54. The van der Waals surface area contributed by atoms with Gasteiger partial charge in [0.2, 0.25) is 0 Å². The van der Waals surface area contributed by atoms with Gasteiger partial charge in [0.1, 0.15) is 5.75 Å². The molecule has 0 saturated heterocycles. The van der Waals surface area contributed by atoms with Gasteiger partial charge in [-0.25, -0.2) is 0 Å². The molecular weight excluding hydrogens is 398 g/mol. The summed E-state index contributed by atoms with van der Waals surface area (Å²) in [4.78, 5) is 14.9. The lowest BCUT2D eigenvalue weighted by Crippen LogP contribution is -2.36. The second-order valence-electron chi connectivity index (χ2n) is 7.97. The summed E-state index contributed by atoms with van der Waals surface area (Å²) in [6.07, 6.45) is 6.97. The lowest BCUT2D eigenvalue weighted by atomic mass is 10.0. The van der Waals surface area contributed by atoms with Crippen LogP contribution < -0.4 is 4.18 Å². The third-order valence-corrected chi connectivity index (χ3v) is 5.42. The number of hydrogen-bond acceptors (Lipinski definition) is 4. The molecule has 5 nitrogen and oxygen atoms in total. The molecule has 0 unspecified atom stereocenters. The first-order valence-electron chi connectivity index (χ1n) is 10.6. The number of unbranched alkanes of at least 4 members (excludes halogenated alkanes) is 3. The first-order valence-corrected chi connectivity index (χ1v) is 12.4. The smallest absolute Gasteiger partial charge is 0.306 e. The zero-order valence-corrected chi connectivity index (χ0v) is 19.2. The van der Waals surface area contributed by atoms with Crippen LogP contribution >= 0.6 is 0 Å². The van der Waals surface area contributed by atoms with Gasteiger partial charge in [0.25, 0.3) is 5.91 Å². The topological polar surface area (TPSA) is 63.7 Å². The highest BCUT2D eigenvalue weighted by Crippen LogP contribution is 2.18. The van der Waals surface area contributed by atoms with Crippen LogP contribution in [0.4, 0.5) is 0 Å². The van der Waals surface area contributed by atoms with Gasteiger partial charge < -0.3 is 9.08 Å². The molecule has 0 fully saturated rings. The van der Waals surface area contributed by atoms with E-state index < -0.39 is 10.1 Å². The first kappa shape index (κ1) is 23.9. The molecule has 0 aromatic heterocycles. The summed E-state index contributed by atoms with van der Waals surface area (Å²) in [5, 5.41) is 0. The number of amides is 1. The molecule has 0 aliphatic carbocycles. The van der Waals surface area contributed by atoms with Crippen LogP contribution in [0, 0.1) is 0 Å². The number of carbonyl (C=O) groups excluding carboxylic acids is 1. The molecule has 0 aliphatic heterocycles. The fraction of sp³-hybridized carbons (Fsp3) is 0.458. The van der Waals surface area contributed by atoms with Gasteiger partial charge >= 0.3 is 10.1 Å². The third kappa shape index (κ3) is 7.82. The average molecular weight is 432 g/mol. The summed E-state index contributed by atoms with van der Waals surface area (Å²) in [5.74, 6) is 0.247. The lowest BCUT2D eigenvalue weighted by Gasteiger charge is -2.27. The van der Waals surface area contributed by atoms with E-state index in [0.717, 1.165) is 18.2 Å². The van der Waals surface area contributed by atoms with Crippen LogP contribution in [0.1, 0.15) is 67.9 Å². The number of aryl methyl sites for hydroxylation is 1. The van der Waals surface area contributed by atoms with E-state index in [1.165, 1.54) is 31.2 Å². The van der Waals surface area contributed by atoms with Crippen LogP contribution in [0.2, 0.25) is 0 Å². The number of nitrogens with zero attached hydrogens (tertiary/aromatic N) is 1. The molecule has 0 radical (unpaired) electrons. The zero-order valence-electron chi connectivity index (χ0n) is 18.4. The van der Waals surface area contributed by atoms with E-state index in [0.29, 0.717) is 12.1 Å². The van der Waals surface area contributed by atoms with E-state index in [1.807, 2.05) is 30.9 Å². The molecule has 0 bridgehead atoms. The maximum Gasteiger partial charge on any atom is 0.306 e. The molecule has 2 rings (SSSR count). The van der Waals surface area contributed by atoms with Crippen molar-refractivity contribution in [3.05, 3.63) is 65.2 Å². The quantitative estimate of drug-likeness (QED) is 0.362. The van der Waals surface area contributed by atoms with Crippen LogP contribution in [0.5, 0.6) is 5.75 Å². The van der Waals surface area contributed by atoms with Crippen LogP contribution in [0.25, 0.3) is 0 Å². The fourth-order valence-electron chi connectivity index (χ4n) is 3.25. The van der Waals surface area contributed by atoms with E-state index in [-0.39, 0.29) is 17.7 Å². The van der Waals surface area contributed by atoms with Gasteiger partial charge in [-0.05, 0) is 62.1 Å². The Morgan fingerprint density at radius 2 is 1.53 bits per heavy atom. The Balaban J connectivity index is 2.04. The van der Waals surface area contributed by atoms with E-state index in [4.69, 9.17) is 4.18 Å². The zero-order chi connectivity index (χ0) is 22.1. The van der Waals surface area contributed by atoms with Gasteiger partial charge in [0.05, 0.1) is 6.26 Å². The maximum atomic E-state index is 13.1. The van der Waals surface area contributed by atoms with Gasteiger partial charge in [0.15, 0.2) is 0 Å². The van der Waals surface area contributed by atoms with E-state index in [9.17, 15) is 13.2 Å². The Morgan fingerprint density at radius 1 is 0.933 bits per heavy atom. The molecule has 0 heterocycles. The van der Waals surface area contributed by atoms with Crippen molar-refractivity contribution in [2.24, 2.45) is 0 Å². The number of rotatable bonds is 11. The number of carbonyl (C=O) groups is 1. The highest BCUT2D eigenvalue weighted by Gasteiger charge is 2.19. The summed E-state index contributed by atoms with van der Waals surface area (Å²) in [5.41, 5.74) is 2.85. The van der Waals surface area contributed by atoms with Crippen molar-refractivity contribution < 1.29 is 17.4 Å². The minimum atomic E-state index is -3.55. The van der Waals surface area contributed by atoms with Crippen molar-refractivity contribution in [1.29, 1.82) is 0 Å². The van der Waals surface area contributed by atoms with Crippen molar-refractivity contribution in [2.75, 3.05) is 6.26 Å². The molecule has 164 valence electrons. The molecule has 2 aromatic carbocycles. The molecule has 2 aromatic rings. The molecule has 30 heavy (non-hydrogen) atoms. The predicted molar refractivity (Wildman–Crippen MR) is 121 cm³/mol. The Labute approximate surface area is 181 Å². The number of benzene rings is 2. The SMILES string of the molecule is CCCCCCc1ccc(C(=O)N(Cc2ccc(OS(C)(=O)=O)cc2)C(C)C)cc1. The molecule has 6 heteroatoms. The monoisotopic (exact) mass is 431 g/mol. The summed E-state index contributed by atoms with van der Waals surface area (Å²) >= 11 is 0. The van der Waals surface area contributed by atoms with Gasteiger partial charge in [-0.3, -0.25) is 4.79 Å². The Hall–Kier alpha value is -2.34. The van der Waals surface area contributed by atoms with Gasteiger partial charge in [-0.15, -0.1) is 0 Å². The van der Waals surface area contributed by atoms with Crippen LogP contribution in [-0.4, -0.2) is 31.5 Å². The van der Waals surface area contributed by atoms with Crippen molar-refractivity contribution in [3.63, 3.8) is 0 Å². The van der Waals surface area contributed by atoms with Gasteiger partial charge in [0, 0.05) is 18.2 Å². The first-order chi connectivity index (χ1) is 14.2. The minimum Gasteiger partial charge on any atom is -0.383 e. The summed E-state index contributed by atoms with van der Waals surface area (Å²) in [6.45, 7) is 6.62. The van der Waals surface area contributed by atoms with Crippen LogP contribution in [0.3, 0.4) is 0 Å². The molecule has 0 aliphatic rings. The van der Waals surface area contributed by atoms with Crippen molar-refractivity contribution >= 4 is 16.0 Å². The van der Waals surface area contributed by atoms with E-state index in [1.54, 1.807) is 24.3 Å². The Bertz CT molecular complexity index is 903. The second kappa shape index (κ2) is 11.2. The molecule has 0 saturated carbocycles. The van der Waals surface area contributed by atoms with E-state index in [2.05, 4.69) is 19.1 Å². The van der Waals surface area contributed by atoms with Gasteiger partial charge in [-0.1, -0.05) is 50.5 Å². The highest BCUT2D eigenvalue weighted by atomic mass is 32.2. The highest BCUT2D eigenvalue weighted by molar-refractivity contribution is 7.86. The average Bonchev–Trinajstić information content (AvgIpc) is 2.69. The summed E-state index contributed by atoms with van der Waals surface area (Å²) in [6, 6.07) is 14.7. The molecule has 0 atom stereocenters. The third-order valence-electron chi connectivity index (χ3n) is 4.93. The molecule has 0 spiro atoms. The maximum absolute atomic E-state index is 13.1. The van der Waals surface area contributed by atoms with Crippen molar-refractivity contribution in [1.82, 2.24) is 4.90 Å². The standard InChI is InChI=1S/C24H33NO4S/c1-5-6-7-8-9-20-10-14-22(15-11-20)24(26)25(19(2)3)18-21-12-16-23(17-13-21)29-30(4,27)28/h10-17,19H,5-9,18H2,1-4H3. The van der Waals surface area contributed by atoms with Crippen LogP contribution in [-0.2, 0) is 23.1 Å². The minimum absolute atomic E-state index is 0.0148. The molecule has 0 N–H and O–H groups in total. The largest absolute Gasteiger partial charge is 0.383 e. The molecule has 1 amide bonds. The fourth-order valence-corrected chi connectivity index (χ4v) is 3.71. The Kier molecular flexibility index (Phi) is 8.90. The van der Waals surface area contributed by atoms with Crippen LogP contribution in [0.15, 0.2) is 48.5 Å².